The lowest BCUT2D eigenvalue weighted by Gasteiger charge is -2.34. The SMILES string of the molecule is COC(=O)[C@@H](Cc1c[nH]c2ccccc12)NC(=O)c1ccc(S(=O)(=O)N2CC(C)OC(C)C2)cc1. The Kier molecular flexibility index (Phi) is 7.25. The van der Waals surface area contributed by atoms with Gasteiger partial charge in [-0.25, -0.2) is 13.2 Å². The molecule has 1 fully saturated rings. The number of benzene rings is 2. The average Bonchev–Trinajstić information content (AvgIpc) is 3.25. The third-order valence-corrected chi connectivity index (χ3v) is 7.88. The zero-order chi connectivity index (χ0) is 25.2. The minimum Gasteiger partial charge on any atom is -0.467 e. The van der Waals surface area contributed by atoms with Crippen LogP contribution in [-0.4, -0.2) is 68.0 Å². The molecule has 1 aliphatic heterocycles. The minimum absolute atomic E-state index is 0.0960. The van der Waals surface area contributed by atoms with Gasteiger partial charge >= 0.3 is 5.97 Å². The van der Waals surface area contributed by atoms with Crippen molar-refractivity contribution in [3.05, 3.63) is 65.9 Å². The van der Waals surface area contributed by atoms with Gasteiger partial charge in [0, 0.05) is 42.2 Å². The van der Waals surface area contributed by atoms with E-state index in [-0.39, 0.29) is 42.2 Å². The van der Waals surface area contributed by atoms with Gasteiger partial charge in [-0.1, -0.05) is 18.2 Å². The fourth-order valence-corrected chi connectivity index (χ4v) is 5.94. The zero-order valence-corrected chi connectivity index (χ0v) is 20.7. The lowest BCUT2D eigenvalue weighted by molar-refractivity contribution is -0.142. The van der Waals surface area contributed by atoms with Gasteiger partial charge in [-0.05, 0) is 49.7 Å². The second-order valence-electron chi connectivity index (χ2n) is 8.72. The molecule has 2 aromatic carbocycles. The normalized spacial score (nSPS) is 19.9. The van der Waals surface area contributed by atoms with Crippen molar-refractivity contribution in [1.82, 2.24) is 14.6 Å². The van der Waals surface area contributed by atoms with E-state index >= 15 is 0 Å². The van der Waals surface area contributed by atoms with Crippen molar-refractivity contribution in [2.24, 2.45) is 0 Å². The number of esters is 1. The highest BCUT2D eigenvalue weighted by Crippen LogP contribution is 2.22. The first kappa shape index (κ1) is 24.9. The van der Waals surface area contributed by atoms with Crippen molar-refractivity contribution in [2.45, 2.75) is 43.4 Å². The molecule has 0 radical (unpaired) electrons. The predicted octanol–water partition coefficient (Wildman–Crippen LogP) is 2.48. The first-order valence-corrected chi connectivity index (χ1v) is 12.8. The second-order valence-corrected chi connectivity index (χ2v) is 10.7. The van der Waals surface area contributed by atoms with E-state index < -0.39 is 27.9 Å². The molecule has 2 heterocycles. The largest absolute Gasteiger partial charge is 0.467 e. The topological polar surface area (TPSA) is 118 Å². The number of ether oxygens (including phenoxy) is 2. The molecule has 10 heteroatoms. The Hall–Kier alpha value is -3.21. The number of hydrogen-bond acceptors (Lipinski definition) is 6. The van der Waals surface area contributed by atoms with Crippen LogP contribution in [0.5, 0.6) is 0 Å². The first-order chi connectivity index (χ1) is 16.7. The molecule has 0 saturated carbocycles. The maximum absolute atomic E-state index is 13.1. The minimum atomic E-state index is -3.72. The smallest absolute Gasteiger partial charge is 0.328 e. The lowest BCUT2D eigenvalue weighted by Crippen LogP contribution is -2.48. The molecule has 35 heavy (non-hydrogen) atoms. The third kappa shape index (κ3) is 5.39. The Labute approximate surface area is 204 Å². The van der Waals surface area contributed by atoms with Gasteiger partial charge in [0.25, 0.3) is 5.91 Å². The fourth-order valence-electron chi connectivity index (χ4n) is 4.35. The van der Waals surface area contributed by atoms with E-state index in [0.717, 1.165) is 16.5 Å². The summed E-state index contributed by atoms with van der Waals surface area (Å²) in [4.78, 5) is 28.6. The zero-order valence-electron chi connectivity index (χ0n) is 19.9. The molecule has 1 amide bonds. The highest BCUT2D eigenvalue weighted by molar-refractivity contribution is 7.89. The van der Waals surface area contributed by atoms with Crippen molar-refractivity contribution in [2.75, 3.05) is 20.2 Å². The summed E-state index contributed by atoms with van der Waals surface area (Å²) in [5.74, 6) is -1.07. The van der Waals surface area contributed by atoms with Crippen LogP contribution in [-0.2, 0) is 30.7 Å². The van der Waals surface area contributed by atoms with E-state index in [1.54, 1.807) is 6.20 Å². The van der Waals surface area contributed by atoms with E-state index in [9.17, 15) is 18.0 Å². The summed E-state index contributed by atoms with van der Waals surface area (Å²) >= 11 is 0. The quantitative estimate of drug-likeness (QED) is 0.482. The Morgan fingerprint density at radius 1 is 1.11 bits per heavy atom. The molecule has 4 rings (SSSR count). The van der Waals surface area contributed by atoms with Crippen LogP contribution in [0, 0.1) is 0 Å². The van der Waals surface area contributed by atoms with Crippen molar-refractivity contribution >= 4 is 32.8 Å². The maximum atomic E-state index is 13.1. The van der Waals surface area contributed by atoms with E-state index in [2.05, 4.69) is 10.3 Å². The third-order valence-electron chi connectivity index (χ3n) is 6.03. The number of fused-ring (bicyclic) bond motifs is 1. The van der Waals surface area contributed by atoms with E-state index in [4.69, 9.17) is 9.47 Å². The number of amides is 1. The molecule has 1 saturated heterocycles. The molecule has 2 unspecified atom stereocenters. The number of carbonyl (C=O) groups is 2. The molecule has 9 nitrogen and oxygen atoms in total. The molecule has 3 atom stereocenters. The number of nitrogens with zero attached hydrogens (tertiary/aromatic N) is 1. The van der Waals surface area contributed by atoms with Crippen LogP contribution in [0.3, 0.4) is 0 Å². The van der Waals surface area contributed by atoms with Gasteiger partial charge in [0.1, 0.15) is 6.04 Å². The van der Waals surface area contributed by atoms with Crippen molar-refractivity contribution in [1.29, 1.82) is 0 Å². The van der Waals surface area contributed by atoms with E-state index in [0.29, 0.717) is 0 Å². The van der Waals surface area contributed by atoms with E-state index in [1.165, 1.54) is 35.7 Å². The van der Waals surface area contributed by atoms with E-state index in [1.807, 2.05) is 38.1 Å². The average molecular weight is 500 g/mol. The molecule has 0 spiro atoms. The Morgan fingerprint density at radius 3 is 2.43 bits per heavy atom. The van der Waals surface area contributed by atoms with Crippen LogP contribution in [0.15, 0.2) is 59.6 Å². The number of morpholine rings is 1. The summed E-state index contributed by atoms with van der Waals surface area (Å²) in [5, 5.41) is 3.67. The number of aromatic amines is 1. The van der Waals surface area contributed by atoms with Crippen LogP contribution in [0.2, 0.25) is 0 Å². The number of carbonyl (C=O) groups excluding carboxylic acids is 2. The van der Waals surface area contributed by atoms with Crippen molar-refractivity contribution < 1.29 is 27.5 Å². The van der Waals surface area contributed by atoms with Gasteiger partial charge in [-0.15, -0.1) is 0 Å². The molecule has 3 aromatic rings. The number of rotatable bonds is 7. The predicted molar refractivity (Wildman–Crippen MR) is 130 cm³/mol. The number of hydrogen-bond donors (Lipinski definition) is 2. The number of para-hydroxylation sites is 1. The monoisotopic (exact) mass is 499 g/mol. The van der Waals surface area contributed by atoms with Crippen molar-refractivity contribution in [3.8, 4) is 0 Å². The standard InChI is InChI=1S/C25H29N3O6S/c1-16-14-28(15-17(2)34-16)35(31,32)20-10-8-18(9-11-20)24(29)27-23(25(30)33-3)12-19-13-26-22-7-5-4-6-21(19)22/h4-11,13,16-17,23,26H,12,14-15H2,1-3H3,(H,27,29)/t16?,17?,23-/m1/s1. The molecule has 1 aromatic heterocycles. The fraction of sp³-hybridized carbons (Fsp3) is 0.360. The van der Waals surface area contributed by atoms with Gasteiger partial charge in [0.05, 0.1) is 24.2 Å². The number of sulfonamides is 1. The number of methoxy groups -OCH3 is 1. The Balaban J connectivity index is 1.49. The summed E-state index contributed by atoms with van der Waals surface area (Å²) < 4.78 is 38.0. The van der Waals surface area contributed by atoms with Crippen LogP contribution in [0.4, 0.5) is 0 Å². The number of nitrogens with one attached hydrogen (secondary N) is 2. The van der Waals surface area contributed by atoms with Crippen LogP contribution in [0.1, 0.15) is 29.8 Å². The molecule has 2 N–H and O–H groups in total. The summed E-state index contributed by atoms with van der Waals surface area (Å²) in [5.41, 5.74) is 2.03. The molecular formula is C25H29N3O6S. The summed E-state index contributed by atoms with van der Waals surface area (Å²) in [6.45, 7) is 4.20. The highest BCUT2D eigenvalue weighted by Gasteiger charge is 2.32. The molecule has 0 aliphatic carbocycles. The van der Waals surface area contributed by atoms with Gasteiger partial charge in [-0.3, -0.25) is 4.79 Å². The van der Waals surface area contributed by atoms with Crippen LogP contribution < -0.4 is 5.32 Å². The van der Waals surface area contributed by atoms with Gasteiger partial charge < -0.3 is 19.8 Å². The molecule has 1 aliphatic rings. The Bertz CT molecular complexity index is 1310. The summed E-state index contributed by atoms with van der Waals surface area (Å²) in [6.07, 6.45) is 1.64. The van der Waals surface area contributed by atoms with Crippen molar-refractivity contribution in [3.63, 3.8) is 0 Å². The molecule has 0 bridgehead atoms. The first-order valence-electron chi connectivity index (χ1n) is 11.4. The second kappa shape index (κ2) is 10.2. The number of aromatic nitrogens is 1. The number of H-pyrrole nitrogens is 1. The van der Waals surface area contributed by atoms with Gasteiger partial charge in [0.15, 0.2) is 0 Å². The van der Waals surface area contributed by atoms with Gasteiger partial charge in [0.2, 0.25) is 10.0 Å². The maximum Gasteiger partial charge on any atom is 0.328 e. The summed E-state index contributed by atoms with van der Waals surface area (Å²) in [7, 11) is -2.45. The lowest BCUT2D eigenvalue weighted by atomic mass is 10.0. The van der Waals surface area contributed by atoms with Crippen LogP contribution in [0.25, 0.3) is 10.9 Å². The summed E-state index contributed by atoms with van der Waals surface area (Å²) in [6, 6.07) is 12.5. The highest BCUT2D eigenvalue weighted by atomic mass is 32.2. The molecular weight excluding hydrogens is 470 g/mol. The molecule has 186 valence electrons. The van der Waals surface area contributed by atoms with Crippen LogP contribution >= 0.6 is 0 Å². The Morgan fingerprint density at radius 2 is 1.77 bits per heavy atom. The van der Waals surface area contributed by atoms with Gasteiger partial charge in [-0.2, -0.15) is 4.31 Å².